The lowest BCUT2D eigenvalue weighted by Gasteiger charge is -2.41. The normalized spacial score (nSPS) is 26.1. The highest BCUT2D eigenvalue weighted by Crippen LogP contribution is 2.48. The van der Waals surface area contributed by atoms with Gasteiger partial charge in [-0.2, -0.15) is 0 Å². The number of carbonyl (C=O) groups is 7. The third-order valence-corrected chi connectivity index (χ3v) is 13.1. The van der Waals surface area contributed by atoms with E-state index in [-0.39, 0.29) is 49.6 Å². The van der Waals surface area contributed by atoms with Gasteiger partial charge in [-0.3, -0.25) is 28.8 Å². The van der Waals surface area contributed by atoms with Crippen molar-refractivity contribution in [3.8, 4) is 0 Å². The Hall–Kier alpha value is -5.35. The van der Waals surface area contributed by atoms with Crippen molar-refractivity contribution in [2.24, 2.45) is 11.8 Å². The van der Waals surface area contributed by atoms with Crippen molar-refractivity contribution in [2.75, 3.05) is 51.7 Å². The maximum atomic E-state index is 14.5. The monoisotopic (exact) mass is 840 g/mol. The fourth-order valence-electron chi connectivity index (χ4n) is 9.84. The number of anilines is 1. The zero-order chi connectivity index (χ0) is 43.7. The largest absolute Gasteiger partial charge is 0.394 e. The summed E-state index contributed by atoms with van der Waals surface area (Å²) in [5.74, 6) is -2.54. The molecule has 0 radical (unpaired) electrons. The standard InChI is InChI=1S/C45H60N8O8/c1-26-8-6-9-30(16-26)18-34(49-44(61)47-33-13-12-31-10-7-11-32(31)19-33)39(56)48-35(25-54)42(59)52-22-27(2)17-36(52)43(60)51-15-14-50(5)24-37(51)40(57)46-29(4)41(58)53-23-28(3)20-45(53)21-38(45)55/h6,8-9,12-13,16,19,27-29,34-37,54H,7,10-11,14-15,17-18,20-25H2,1-5H3,(H,46,57)(H,48,56)(H2,47,49,61)/t27-,28-,29+,34+,35+,36+,37+,45+/m1/s1. The molecule has 5 aliphatic rings. The smallest absolute Gasteiger partial charge is 0.319 e. The molecule has 1 spiro atoms. The van der Waals surface area contributed by atoms with Gasteiger partial charge in [0.05, 0.1) is 6.61 Å². The fraction of sp³-hybridized carbons (Fsp3) is 0.578. The van der Waals surface area contributed by atoms with E-state index >= 15 is 0 Å². The zero-order valence-corrected chi connectivity index (χ0v) is 35.9. The lowest BCUT2D eigenvalue weighted by Crippen LogP contribution is -2.65. The van der Waals surface area contributed by atoms with E-state index in [4.69, 9.17) is 0 Å². The number of nitrogens with zero attached hydrogens (tertiary/aromatic N) is 4. The number of piperazine rings is 1. The molecule has 2 aromatic rings. The van der Waals surface area contributed by atoms with Crippen molar-refractivity contribution in [2.45, 2.75) is 108 Å². The molecule has 0 unspecified atom stereocenters. The van der Waals surface area contributed by atoms with Crippen LogP contribution in [0.5, 0.6) is 0 Å². The second kappa shape index (κ2) is 17.9. The number of nitrogens with one attached hydrogen (secondary N) is 4. The van der Waals surface area contributed by atoms with E-state index in [1.54, 1.807) is 11.8 Å². The Morgan fingerprint density at radius 2 is 1.61 bits per heavy atom. The van der Waals surface area contributed by atoms with Gasteiger partial charge in [-0.25, -0.2) is 4.79 Å². The van der Waals surface area contributed by atoms with Gasteiger partial charge in [0.1, 0.15) is 35.7 Å². The van der Waals surface area contributed by atoms with Crippen LogP contribution in [-0.4, -0.2) is 148 Å². The Balaban J connectivity index is 1.03. The number of hydrogen-bond donors (Lipinski definition) is 5. The summed E-state index contributed by atoms with van der Waals surface area (Å²) in [5, 5.41) is 21.6. The lowest BCUT2D eigenvalue weighted by molar-refractivity contribution is -0.152. The molecule has 16 heteroatoms. The first kappa shape index (κ1) is 43.7. The van der Waals surface area contributed by atoms with Crippen LogP contribution >= 0.6 is 0 Å². The molecular formula is C45H60N8O8. The summed E-state index contributed by atoms with van der Waals surface area (Å²) in [6.07, 6.45) is 4.33. The van der Waals surface area contributed by atoms with Gasteiger partial charge in [0, 0.05) is 51.3 Å². The van der Waals surface area contributed by atoms with E-state index in [0.29, 0.717) is 38.0 Å². The Morgan fingerprint density at radius 3 is 2.33 bits per heavy atom. The molecular weight excluding hydrogens is 781 g/mol. The molecule has 4 fully saturated rings. The number of aryl methyl sites for hydroxylation is 3. The number of likely N-dealkylation sites (N-methyl/N-ethyl adjacent to an activating group) is 1. The number of rotatable bonds is 12. The number of carbonyl (C=O) groups excluding carboxylic acids is 7. The first-order valence-corrected chi connectivity index (χ1v) is 21.7. The van der Waals surface area contributed by atoms with Gasteiger partial charge in [-0.15, -0.1) is 0 Å². The van der Waals surface area contributed by atoms with E-state index in [0.717, 1.165) is 30.4 Å². The number of ketones is 1. The number of benzene rings is 2. The van der Waals surface area contributed by atoms with Crippen molar-refractivity contribution in [3.05, 3.63) is 64.7 Å². The van der Waals surface area contributed by atoms with Gasteiger partial charge in [0.2, 0.25) is 29.5 Å². The molecule has 61 heavy (non-hydrogen) atoms. The van der Waals surface area contributed by atoms with Crippen LogP contribution in [-0.2, 0) is 48.0 Å². The quantitative estimate of drug-likeness (QED) is 0.208. The molecule has 16 nitrogen and oxygen atoms in total. The van der Waals surface area contributed by atoms with Gasteiger partial charge >= 0.3 is 6.03 Å². The minimum Gasteiger partial charge on any atom is -0.394 e. The summed E-state index contributed by atoms with van der Waals surface area (Å²) < 4.78 is 0. The van der Waals surface area contributed by atoms with Crippen molar-refractivity contribution < 1.29 is 38.7 Å². The third-order valence-electron chi connectivity index (χ3n) is 13.1. The second-order valence-corrected chi connectivity index (χ2v) is 18.2. The molecule has 3 aliphatic heterocycles. The summed E-state index contributed by atoms with van der Waals surface area (Å²) >= 11 is 0. The number of hydrogen-bond acceptors (Lipinski definition) is 9. The highest BCUT2D eigenvalue weighted by Gasteiger charge is 2.63. The third kappa shape index (κ3) is 9.44. The Morgan fingerprint density at radius 1 is 0.852 bits per heavy atom. The van der Waals surface area contributed by atoms with Gasteiger partial charge in [-0.05, 0) is 93.7 Å². The molecule has 1 saturated carbocycles. The van der Waals surface area contributed by atoms with Crippen LogP contribution in [0.25, 0.3) is 0 Å². The minimum absolute atomic E-state index is 0.0365. The Bertz CT molecular complexity index is 2080. The van der Waals surface area contributed by atoms with Crippen LogP contribution in [0.15, 0.2) is 42.5 Å². The SMILES string of the molecule is Cc1cccc(C[C@H](NC(=O)Nc2ccc3c(c2)CCC3)C(=O)N[C@@H](CO)C(=O)N2C[C@H](C)C[C@H]2C(=O)N2CCN(C)C[C@H]2C(=O)N[C@@H](C)C(=O)N2C[C@H](C)C[C@@]23CC3=O)c1. The van der Waals surface area contributed by atoms with Gasteiger partial charge in [0.15, 0.2) is 5.78 Å². The Labute approximate surface area is 357 Å². The molecule has 3 saturated heterocycles. The molecule has 2 aliphatic carbocycles. The number of Topliss-reactive ketones (excluding diaryl/α,β-unsaturated/α-hetero) is 1. The first-order valence-electron chi connectivity index (χ1n) is 21.7. The molecule has 5 N–H and O–H groups in total. The number of amides is 7. The van der Waals surface area contributed by atoms with Crippen LogP contribution in [0.3, 0.4) is 0 Å². The number of urea groups is 1. The second-order valence-electron chi connectivity index (χ2n) is 18.2. The van der Waals surface area contributed by atoms with Crippen molar-refractivity contribution >= 4 is 47.0 Å². The molecule has 2 aromatic carbocycles. The number of fused-ring (bicyclic) bond motifs is 1. The fourth-order valence-corrected chi connectivity index (χ4v) is 9.84. The molecule has 8 atom stereocenters. The van der Waals surface area contributed by atoms with Crippen LogP contribution in [0.1, 0.15) is 68.7 Å². The van der Waals surface area contributed by atoms with Crippen LogP contribution < -0.4 is 21.3 Å². The number of likely N-dealkylation sites (tertiary alicyclic amines) is 2. The Kier molecular flexibility index (Phi) is 12.9. The molecule has 0 aromatic heterocycles. The number of aliphatic hydroxyl groups excluding tert-OH is 1. The summed E-state index contributed by atoms with van der Waals surface area (Å²) in [5.41, 5.74) is 4.00. The summed E-state index contributed by atoms with van der Waals surface area (Å²) in [7, 11) is 1.84. The van der Waals surface area contributed by atoms with E-state index in [1.807, 2.05) is 75.2 Å². The maximum Gasteiger partial charge on any atom is 0.319 e. The minimum atomic E-state index is -1.43. The topological polar surface area (TPSA) is 201 Å². The van der Waals surface area contributed by atoms with E-state index in [1.165, 1.54) is 20.9 Å². The molecule has 328 valence electrons. The van der Waals surface area contributed by atoms with Gasteiger partial charge in [-0.1, -0.05) is 49.7 Å². The van der Waals surface area contributed by atoms with Crippen molar-refractivity contribution in [1.29, 1.82) is 0 Å². The predicted molar refractivity (Wildman–Crippen MR) is 226 cm³/mol. The van der Waals surface area contributed by atoms with Gasteiger partial charge < -0.3 is 46.0 Å². The van der Waals surface area contributed by atoms with Crippen LogP contribution in [0.2, 0.25) is 0 Å². The van der Waals surface area contributed by atoms with E-state index < -0.39 is 72.0 Å². The lowest BCUT2D eigenvalue weighted by atomic mass is 10.0. The van der Waals surface area contributed by atoms with E-state index in [2.05, 4.69) is 21.3 Å². The van der Waals surface area contributed by atoms with E-state index in [9.17, 15) is 38.7 Å². The van der Waals surface area contributed by atoms with Gasteiger partial charge in [0.25, 0.3) is 0 Å². The van der Waals surface area contributed by atoms with Crippen LogP contribution in [0, 0.1) is 18.8 Å². The first-order chi connectivity index (χ1) is 29.1. The molecule has 0 bridgehead atoms. The van der Waals surface area contributed by atoms with Crippen LogP contribution in [0.4, 0.5) is 10.5 Å². The number of aliphatic hydroxyl groups is 1. The molecule has 7 rings (SSSR count). The highest BCUT2D eigenvalue weighted by atomic mass is 16.3. The average molecular weight is 841 g/mol. The molecule has 7 amide bonds. The maximum absolute atomic E-state index is 14.5. The predicted octanol–water partition coefficient (Wildman–Crippen LogP) is 1.16. The average Bonchev–Trinajstić information content (AvgIpc) is 3.57. The molecule has 3 heterocycles. The summed E-state index contributed by atoms with van der Waals surface area (Å²) in [6.45, 7) is 8.14. The summed E-state index contributed by atoms with van der Waals surface area (Å²) in [4.78, 5) is 102. The van der Waals surface area contributed by atoms with Crippen molar-refractivity contribution in [3.63, 3.8) is 0 Å². The highest BCUT2D eigenvalue weighted by molar-refractivity contribution is 6.09. The zero-order valence-electron chi connectivity index (χ0n) is 35.9. The van der Waals surface area contributed by atoms with Crippen molar-refractivity contribution in [1.82, 2.24) is 35.6 Å². The summed E-state index contributed by atoms with van der Waals surface area (Å²) in [6, 6.07) is 7.25.